The van der Waals surface area contributed by atoms with Gasteiger partial charge in [0.1, 0.15) is 12.3 Å². The van der Waals surface area contributed by atoms with Crippen LogP contribution in [0.3, 0.4) is 0 Å². The van der Waals surface area contributed by atoms with Crippen LogP contribution in [-0.2, 0) is 4.79 Å². The molecule has 1 aliphatic heterocycles. The van der Waals surface area contributed by atoms with Gasteiger partial charge in [-0.15, -0.1) is 0 Å². The lowest BCUT2D eigenvalue weighted by atomic mass is 10.3. The first kappa shape index (κ1) is 9.47. The van der Waals surface area contributed by atoms with E-state index in [4.69, 9.17) is 5.84 Å². The van der Waals surface area contributed by atoms with Crippen molar-refractivity contribution in [3.8, 4) is 5.75 Å². The summed E-state index contributed by atoms with van der Waals surface area (Å²) in [5, 5.41) is 10.0. The van der Waals surface area contributed by atoms with Gasteiger partial charge in [-0.05, 0) is 12.1 Å². The molecule has 15 heavy (non-hydrogen) atoms. The van der Waals surface area contributed by atoms with Gasteiger partial charge in [0.05, 0.1) is 5.69 Å². The van der Waals surface area contributed by atoms with Crippen LogP contribution in [-0.4, -0.2) is 28.6 Å². The second-order valence-corrected chi connectivity index (χ2v) is 3.12. The van der Waals surface area contributed by atoms with E-state index in [9.17, 15) is 14.7 Å². The summed E-state index contributed by atoms with van der Waals surface area (Å²) in [5.74, 6) is 4.65. The molecule has 0 unspecified atom stereocenters. The zero-order valence-corrected chi connectivity index (χ0v) is 7.75. The molecule has 0 aliphatic carbocycles. The van der Waals surface area contributed by atoms with E-state index in [0.717, 1.165) is 4.90 Å². The lowest BCUT2D eigenvalue weighted by Crippen LogP contribution is -2.38. The summed E-state index contributed by atoms with van der Waals surface area (Å²) in [6.45, 7) is -0.146. The van der Waals surface area contributed by atoms with E-state index in [1.165, 1.54) is 6.07 Å². The Morgan fingerprint density at radius 2 is 1.93 bits per heavy atom. The van der Waals surface area contributed by atoms with Crippen LogP contribution >= 0.6 is 0 Å². The number of amides is 3. The first-order valence-corrected chi connectivity index (χ1v) is 4.28. The molecule has 6 heteroatoms. The average Bonchev–Trinajstić information content (AvgIpc) is 2.47. The predicted octanol–water partition coefficient (Wildman–Crippen LogP) is 0.0345. The lowest BCUT2D eigenvalue weighted by molar-refractivity contribution is -0.125. The number of rotatable bonds is 1. The number of hydrogen-bond acceptors (Lipinski definition) is 4. The number of benzene rings is 1. The molecular formula is C9H9N3O3. The van der Waals surface area contributed by atoms with Gasteiger partial charge in [-0.25, -0.2) is 10.6 Å². The minimum Gasteiger partial charge on any atom is -0.506 e. The number of aromatic hydroxyl groups is 1. The number of phenolic OH excluding ortho intramolecular Hbond substituents is 1. The first-order valence-electron chi connectivity index (χ1n) is 4.28. The van der Waals surface area contributed by atoms with Gasteiger partial charge in [-0.2, -0.15) is 5.01 Å². The van der Waals surface area contributed by atoms with Crippen LogP contribution in [0, 0.1) is 0 Å². The van der Waals surface area contributed by atoms with Gasteiger partial charge in [-0.1, -0.05) is 12.1 Å². The van der Waals surface area contributed by atoms with Crippen LogP contribution in [0.5, 0.6) is 5.75 Å². The number of carbonyl (C=O) groups excluding carboxylic acids is 2. The Morgan fingerprint density at radius 1 is 1.27 bits per heavy atom. The molecule has 1 fully saturated rings. The summed E-state index contributed by atoms with van der Waals surface area (Å²) >= 11 is 0. The highest BCUT2D eigenvalue weighted by atomic mass is 16.3. The van der Waals surface area contributed by atoms with Gasteiger partial charge in [0.15, 0.2) is 0 Å². The van der Waals surface area contributed by atoms with Gasteiger partial charge in [0.25, 0.3) is 5.91 Å². The van der Waals surface area contributed by atoms with Crippen LogP contribution in [0.1, 0.15) is 0 Å². The highest BCUT2D eigenvalue weighted by Crippen LogP contribution is 2.28. The van der Waals surface area contributed by atoms with Gasteiger partial charge in [0.2, 0.25) is 0 Å². The highest BCUT2D eigenvalue weighted by Gasteiger charge is 2.35. The van der Waals surface area contributed by atoms with Crippen molar-refractivity contribution < 1.29 is 14.7 Å². The van der Waals surface area contributed by atoms with E-state index in [2.05, 4.69) is 0 Å². The first-order chi connectivity index (χ1) is 7.11. The summed E-state index contributed by atoms with van der Waals surface area (Å²) in [6, 6.07) is 5.63. The van der Waals surface area contributed by atoms with Gasteiger partial charge in [0, 0.05) is 0 Å². The van der Waals surface area contributed by atoms with E-state index in [1.807, 2.05) is 0 Å². The van der Waals surface area contributed by atoms with Crippen molar-refractivity contribution in [2.24, 2.45) is 5.84 Å². The van der Waals surface area contributed by atoms with E-state index in [1.54, 1.807) is 18.2 Å². The summed E-state index contributed by atoms with van der Waals surface area (Å²) < 4.78 is 0. The molecule has 1 aromatic rings. The average molecular weight is 207 g/mol. The topological polar surface area (TPSA) is 86.9 Å². The maximum Gasteiger partial charge on any atom is 0.346 e. The summed E-state index contributed by atoms with van der Waals surface area (Å²) in [4.78, 5) is 23.7. The SMILES string of the molecule is NN1C(=O)CN(c2ccccc2O)C1=O. The van der Waals surface area contributed by atoms with E-state index in [-0.39, 0.29) is 18.0 Å². The number of hydrazine groups is 1. The summed E-state index contributed by atoms with van der Waals surface area (Å²) in [6.07, 6.45) is 0. The van der Waals surface area contributed by atoms with Crippen LogP contribution in [0.15, 0.2) is 24.3 Å². The Bertz CT molecular complexity index is 432. The van der Waals surface area contributed by atoms with E-state index in [0.29, 0.717) is 5.01 Å². The highest BCUT2D eigenvalue weighted by molar-refractivity contribution is 6.12. The fourth-order valence-electron chi connectivity index (χ4n) is 1.40. The Morgan fingerprint density at radius 3 is 2.47 bits per heavy atom. The normalized spacial score (nSPS) is 16.3. The number of nitrogens with two attached hydrogens (primary N) is 1. The minimum absolute atomic E-state index is 0.0612. The predicted molar refractivity (Wildman–Crippen MR) is 51.9 cm³/mol. The maximum atomic E-state index is 11.5. The van der Waals surface area contributed by atoms with Crippen molar-refractivity contribution in [3.63, 3.8) is 0 Å². The molecule has 2 rings (SSSR count). The summed E-state index contributed by atoms with van der Waals surface area (Å²) in [5.41, 5.74) is 0.281. The third-order valence-electron chi connectivity index (χ3n) is 2.17. The number of anilines is 1. The Labute approximate surface area is 85.5 Å². The monoisotopic (exact) mass is 207 g/mol. The van der Waals surface area contributed by atoms with E-state index < -0.39 is 11.9 Å². The smallest absolute Gasteiger partial charge is 0.346 e. The third kappa shape index (κ3) is 1.40. The molecule has 0 atom stereocenters. The number of imide groups is 1. The quantitative estimate of drug-likeness (QED) is 0.386. The molecule has 1 heterocycles. The number of hydrogen-bond donors (Lipinski definition) is 2. The maximum absolute atomic E-state index is 11.5. The van der Waals surface area contributed by atoms with Crippen molar-refractivity contribution >= 4 is 17.6 Å². The number of urea groups is 1. The van der Waals surface area contributed by atoms with Gasteiger partial charge in [-0.3, -0.25) is 9.69 Å². The Kier molecular flexibility index (Phi) is 2.05. The van der Waals surface area contributed by atoms with Crippen molar-refractivity contribution in [1.29, 1.82) is 0 Å². The zero-order chi connectivity index (χ0) is 11.0. The van der Waals surface area contributed by atoms with Crippen LogP contribution < -0.4 is 10.7 Å². The van der Waals surface area contributed by atoms with Gasteiger partial charge < -0.3 is 5.11 Å². The Hall–Kier alpha value is -2.08. The molecular weight excluding hydrogens is 198 g/mol. The number of nitrogens with zero attached hydrogens (tertiary/aromatic N) is 2. The molecule has 78 valence electrons. The molecule has 1 aromatic carbocycles. The number of carbonyl (C=O) groups is 2. The lowest BCUT2D eigenvalue weighted by Gasteiger charge is -2.15. The summed E-state index contributed by atoms with van der Waals surface area (Å²) in [7, 11) is 0. The Balaban J connectivity index is 2.38. The molecule has 1 aliphatic rings. The molecule has 0 spiro atoms. The molecule has 0 saturated carbocycles. The molecule has 6 nitrogen and oxygen atoms in total. The molecule has 3 N–H and O–H groups in total. The van der Waals surface area contributed by atoms with Crippen LogP contribution in [0.4, 0.5) is 10.5 Å². The van der Waals surface area contributed by atoms with Gasteiger partial charge >= 0.3 is 6.03 Å². The fraction of sp³-hybridized carbons (Fsp3) is 0.111. The van der Waals surface area contributed by atoms with E-state index >= 15 is 0 Å². The largest absolute Gasteiger partial charge is 0.506 e. The third-order valence-corrected chi connectivity index (χ3v) is 2.17. The molecule has 1 saturated heterocycles. The minimum atomic E-state index is -0.638. The molecule has 0 bridgehead atoms. The second kappa shape index (κ2) is 3.25. The standard InChI is InChI=1S/C9H9N3O3/c10-12-8(14)5-11(9(12)15)6-3-1-2-4-7(6)13/h1-4,13H,5,10H2. The van der Waals surface area contributed by atoms with Crippen molar-refractivity contribution in [2.45, 2.75) is 0 Å². The van der Waals surface area contributed by atoms with Crippen molar-refractivity contribution in [2.75, 3.05) is 11.4 Å². The second-order valence-electron chi connectivity index (χ2n) is 3.12. The fourth-order valence-corrected chi connectivity index (χ4v) is 1.40. The van der Waals surface area contributed by atoms with Crippen LogP contribution in [0.2, 0.25) is 0 Å². The zero-order valence-electron chi connectivity index (χ0n) is 7.75. The van der Waals surface area contributed by atoms with Crippen molar-refractivity contribution in [1.82, 2.24) is 5.01 Å². The molecule has 0 aromatic heterocycles. The van der Waals surface area contributed by atoms with Crippen molar-refractivity contribution in [3.05, 3.63) is 24.3 Å². The molecule has 3 amide bonds. The van der Waals surface area contributed by atoms with Crippen LogP contribution in [0.25, 0.3) is 0 Å². The number of para-hydroxylation sites is 2. The molecule has 0 radical (unpaired) electrons. The number of phenols is 1.